The topological polar surface area (TPSA) is 45.2 Å². The lowest BCUT2D eigenvalue weighted by molar-refractivity contribution is -0.143. The van der Waals surface area contributed by atoms with Gasteiger partial charge in [-0.05, 0) is 30.3 Å². The van der Waals surface area contributed by atoms with Gasteiger partial charge in [-0.2, -0.15) is 26.3 Å². The van der Waals surface area contributed by atoms with Gasteiger partial charge in [0.1, 0.15) is 18.0 Å². The quantitative estimate of drug-likeness (QED) is 0.528. The first-order chi connectivity index (χ1) is 15.1. The molecule has 168 valence electrons. The highest BCUT2D eigenvalue weighted by Crippen LogP contribution is 2.38. The van der Waals surface area contributed by atoms with Crippen molar-refractivity contribution in [1.82, 2.24) is 15.0 Å². The van der Waals surface area contributed by atoms with Gasteiger partial charge in [0, 0.05) is 44.0 Å². The van der Waals surface area contributed by atoms with E-state index in [0.29, 0.717) is 44.1 Å². The van der Waals surface area contributed by atoms with E-state index < -0.39 is 23.5 Å². The molecule has 3 aromatic rings. The van der Waals surface area contributed by atoms with Gasteiger partial charge in [-0.3, -0.25) is 0 Å². The molecule has 0 saturated carbocycles. The molecule has 0 amide bonds. The Hall–Kier alpha value is -3.37. The van der Waals surface area contributed by atoms with E-state index in [1.807, 2.05) is 23.1 Å². The number of hydrogen-bond donors (Lipinski definition) is 0. The fraction of sp³-hybridized carbons (Fsp3) is 0.286. The Morgan fingerprint density at radius 1 is 0.656 bits per heavy atom. The van der Waals surface area contributed by atoms with Crippen molar-refractivity contribution >= 4 is 11.6 Å². The van der Waals surface area contributed by atoms with Crippen molar-refractivity contribution in [3.8, 4) is 11.3 Å². The van der Waals surface area contributed by atoms with E-state index in [9.17, 15) is 26.3 Å². The number of benzene rings is 1. The van der Waals surface area contributed by atoms with Gasteiger partial charge in [0.25, 0.3) is 0 Å². The fourth-order valence-electron chi connectivity index (χ4n) is 3.49. The molecule has 0 bridgehead atoms. The fourth-order valence-corrected chi connectivity index (χ4v) is 3.49. The minimum Gasteiger partial charge on any atom is -0.353 e. The molecule has 0 N–H and O–H groups in total. The number of hydrogen-bond acceptors (Lipinski definition) is 5. The summed E-state index contributed by atoms with van der Waals surface area (Å²) < 4.78 is 79.1. The van der Waals surface area contributed by atoms with Crippen LogP contribution in [-0.2, 0) is 12.4 Å². The molecule has 1 aliphatic rings. The van der Waals surface area contributed by atoms with E-state index in [2.05, 4.69) is 19.9 Å². The van der Waals surface area contributed by atoms with E-state index in [0.717, 1.165) is 12.1 Å². The van der Waals surface area contributed by atoms with Crippen LogP contribution in [0.3, 0.4) is 0 Å². The number of anilines is 2. The number of aromatic nitrogens is 3. The number of halogens is 6. The summed E-state index contributed by atoms with van der Waals surface area (Å²) in [5.74, 6) is 1.26. The van der Waals surface area contributed by atoms with Crippen LogP contribution in [0.25, 0.3) is 11.3 Å². The average molecular weight is 453 g/mol. The third-order valence-corrected chi connectivity index (χ3v) is 5.11. The maximum absolute atomic E-state index is 13.2. The van der Waals surface area contributed by atoms with Crippen LogP contribution in [0.2, 0.25) is 0 Å². The van der Waals surface area contributed by atoms with Gasteiger partial charge in [-0.1, -0.05) is 6.07 Å². The predicted octanol–water partition coefficient (Wildman–Crippen LogP) is 4.90. The van der Waals surface area contributed by atoms with E-state index >= 15 is 0 Å². The molecule has 0 spiro atoms. The molecule has 32 heavy (non-hydrogen) atoms. The van der Waals surface area contributed by atoms with Crippen LogP contribution in [0.1, 0.15) is 11.1 Å². The Bertz CT molecular complexity index is 1040. The molecular formula is C21H17F6N5. The molecule has 0 unspecified atom stereocenters. The second-order valence-electron chi connectivity index (χ2n) is 7.22. The van der Waals surface area contributed by atoms with Crippen molar-refractivity contribution in [3.63, 3.8) is 0 Å². The van der Waals surface area contributed by atoms with Crippen LogP contribution < -0.4 is 9.80 Å². The first-order valence-electron chi connectivity index (χ1n) is 9.64. The molecule has 5 nitrogen and oxygen atoms in total. The zero-order valence-electron chi connectivity index (χ0n) is 16.5. The molecule has 4 rings (SSSR count). The van der Waals surface area contributed by atoms with E-state index in [4.69, 9.17) is 0 Å². The summed E-state index contributed by atoms with van der Waals surface area (Å²) in [5.41, 5.74) is -3.06. The molecule has 1 saturated heterocycles. The van der Waals surface area contributed by atoms with E-state index in [-0.39, 0.29) is 17.3 Å². The molecule has 0 atom stereocenters. The van der Waals surface area contributed by atoms with Gasteiger partial charge in [0.15, 0.2) is 0 Å². The minimum absolute atomic E-state index is 0.0150. The minimum atomic E-state index is -4.92. The monoisotopic (exact) mass is 453 g/mol. The summed E-state index contributed by atoms with van der Waals surface area (Å²) in [6, 6.07) is 8.44. The second kappa shape index (κ2) is 8.29. The number of piperazine rings is 1. The first-order valence-corrected chi connectivity index (χ1v) is 9.64. The molecule has 0 radical (unpaired) electrons. The lowest BCUT2D eigenvalue weighted by atomic mass is 10.0. The highest BCUT2D eigenvalue weighted by molar-refractivity contribution is 5.65. The van der Waals surface area contributed by atoms with Crippen LogP contribution in [0.15, 0.2) is 55.0 Å². The summed E-state index contributed by atoms with van der Waals surface area (Å²) in [6.45, 7) is 2.39. The van der Waals surface area contributed by atoms with Gasteiger partial charge in [0.05, 0.1) is 16.8 Å². The Morgan fingerprint density at radius 2 is 1.25 bits per heavy atom. The smallest absolute Gasteiger partial charge is 0.353 e. The van der Waals surface area contributed by atoms with Gasteiger partial charge >= 0.3 is 12.4 Å². The highest BCUT2D eigenvalue weighted by atomic mass is 19.4. The van der Waals surface area contributed by atoms with Crippen LogP contribution in [-0.4, -0.2) is 41.1 Å². The third-order valence-electron chi connectivity index (χ3n) is 5.11. The summed E-state index contributed by atoms with van der Waals surface area (Å²) >= 11 is 0. The zero-order valence-corrected chi connectivity index (χ0v) is 16.5. The van der Waals surface area contributed by atoms with Crippen molar-refractivity contribution in [2.75, 3.05) is 36.0 Å². The van der Waals surface area contributed by atoms with Crippen molar-refractivity contribution in [1.29, 1.82) is 0 Å². The van der Waals surface area contributed by atoms with Crippen molar-refractivity contribution in [2.24, 2.45) is 0 Å². The maximum atomic E-state index is 13.2. The molecule has 1 aromatic carbocycles. The van der Waals surface area contributed by atoms with Crippen LogP contribution in [0.4, 0.5) is 38.0 Å². The Balaban J connectivity index is 1.60. The summed E-state index contributed by atoms with van der Waals surface area (Å²) in [4.78, 5) is 16.4. The van der Waals surface area contributed by atoms with E-state index in [1.165, 1.54) is 6.07 Å². The Labute approximate surface area is 179 Å². The summed E-state index contributed by atoms with van der Waals surface area (Å²) in [5, 5.41) is 0. The van der Waals surface area contributed by atoms with Crippen LogP contribution in [0, 0.1) is 0 Å². The second-order valence-corrected chi connectivity index (χ2v) is 7.22. The summed E-state index contributed by atoms with van der Waals surface area (Å²) in [7, 11) is 0. The maximum Gasteiger partial charge on any atom is 0.416 e. The third kappa shape index (κ3) is 4.76. The number of rotatable bonds is 3. The van der Waals surface area contributed by atoms with Crippen molar-refractivity contribution < 1.29 is 26.3 Å². The van der Waals surface area contributed by atoms with Gasteiger partial charge < -0.3 is 9.80 Å². The predicted molar refractivity (Wildman–Crippen MR) is 106 cm³/mol. The molecular weight excluding hydrogens is 436 g/mol. The Kier molecular flexibility index (Phi) is 5.66. The first kappa shape index (κ1) is 21.8. The standard InChI is InChI=1S/C21H17F6N5/c22-20(23,24)15-9-14(10-16(11-15)21(25,26)27)17-12-19(30-13-29-17)32-7-5-31(6-8-32)18-3-1-2-4-28-18/h1-4,9-13H,5-8H2. The SMILES string of the molecule is FC(F)(F)c1cc(-c2cc(N3CCN(c4ccccn4)CC3)ncn2)cc(C(F)(F)F)c1. The van der Waals surface area contributed by atoms with E-state index in [1.54, 1.807) is 6.20 Å². The zero-order chi connectivity index (χ0) is 22.9. The number of alkyl halides is 6. The van der Waals surface area contributed by atoms with Gasteiger partial charge in [-0.15, -0.1) is 0 Å². The van der Waals surface area contributed by atoms with Crippen LogP contribution in [0.5, 0.6) is 0 Å². The highest BCUT2D eigenvalue weighted by Gasteiger charge is 2.37. The normalized spacial score (nSPS) is 15.2. The Morgan fingerprint density at radius 3 is 1.78 bits per heavy atom. The van der Waals surface area contributed by atoms with Gasteiger partial charge in [-0.25, -0.2) is 15.0 Å². The van der Waals surface area contributed by atoms with Gasteiger partial charge in [0.2, 0.25) is 0 Å². The lowest BCUT2D eigenvalue weighted by Crippen LogP contribution is -2.47. The molecule has 11 heteroatoms. The molecule has 0 aliphatic carbocycles. The van der Waals surface area contributed by atoms with Crippen molar-refractivity contribution in [3.05, 3.63) is 66.1 Å². The van der Waals surface area contributed by atoms with Crippen molar-refractivity contribution in [2.45, 2.75) is 12.4 Å². The largest absolute Gasteiger partial charge is 0.416 e. The number of pyridine rings is 1. The number of nitrogens with zero attached hydrogens (tertiary/aromatic N) is 5. The summed E-state index contributed by atoms with van der Waals surface area (Å²) in [6.07, 6.45) is -7.01. The lowest BCUT2D eigenvalue weighted by Gasteiger charge is -2.36. The van der Waals surface area contributed by atoms with Crippen LogP contribution >= 0.6 is 0 Å². The molecule has 3 heterocycles. The molecule has 1 aliphatic heterocycles. The molecule has 1 fully saturated rings. The average Bonchev–Trinajstić information content (AvgIpc) is 2.78. The molecule has 2 aromatic heterocycles.